The Bertz CT molecular complexity index is 1130. The van der Waals surface area contributed by atoms with Crippen LogP contribution in [0.3, 0.4) is 0 Å². The number of ether oxygens (including phenoxy) is 1. The fourth-order valence-corrected chi connectivity index (χ4v) is 4.00. The van der Waals surface area contributed by atoms with Crippen LogP contribution in [0.4, 0.5) is 5.82 Å². The van der Waals surface area contributed by atoms with E-state index in [9.17, 15) is 0 Å². The average molecular weight is 429 g/mol. The van der Waals surface area contributed by atoms with Crippen LogP contribution in [0.1, 0.15) is 23.6 Å². The standard InChI is InChI=1S/C25H21ClN4O/c26-24-14-15-25(28-27-24)30-22(16-21(29-30)19-10-4-5-11-19)20-12-6-7-13-23(20)31-17-18-8-2-1-3-9-18/h1-15,19,22H,16-17H2. The fraction of sp³-hybridized carbons (Fsp3) is 0.160. The number of hydrogen-bond donors (Lipinski definition) is 0. The van der Waals surface area contributed by atoms with Crippen LogP contribution in [-0.4, -0.2) is 15.9 Å². The number of halogens is 1. The highest BCUT2D eigenvalue weighted by Gasteiger charge is 2.34. The number of allylic oxidation sites excluding steroid dienone is 4. The van der Waals surface area contributed by atoms with Crippen LogP contribution in [0.5, 0.6) is 5.75 Å². The molecule has 1 unspecified atom stereocenters. The number of hydrazone groups is 1. The van der Waals surface area contributed by atoms with Gasteiger partial charge in [0.2, 0.25) is 0 Å². The first-order valence-electron chi connectivity index (χ1n) is 10.2. The predicted molar refractivity (Wildman–Crippen MR) is 123 cm³/mol. The van der Waals surface area contributed by atoms with Gasteiger partial charge in [-0.3, -0.25) is 0 Å². The second kappa shape index (κ2) is 8.74. The molecule has 1 aromatic heterocycles. The molecular weight excluding hydrogens is 408 g/mol. The van der Waals surface area contributed by atoms with Gasteiger partial charge in [0.05, 0.1) is 11.8 Å². The van der Waals surface area contributed by atoms with Gasteiger partial charge in [-0.25, -0.2) is 5.01 Å². The summed E-state index contributed by atoms with van der Waals surface area (Å²) < 4.78 is 6.24. The molecular formula is C25H21ClN4O. The Labute approximate surface area is 186 Å². The van der Waals surface area contributed by atoms with E-state index in [2.05, 4.69) is 52.7 Å². The summed E-state index contributed by atoms with van der Waals surface area (Å²) in [6, 6.07) is 21.9. The molecule has 0 saturated heterocycles. The average Bonchev–Trinajstić information content (AvgIpc) is 3.49. The van der Waals surface area contributed by atoms with Gasteiger partial charge in [0.1, 0.15) is 12.4 Å². The molecule has 1 aliphatic carbocycles. The highest BCUT2D eigenvalue weighted by atomic mass is 35.5. The van der Waals surface area contributed by atoms with E-state index in [-0.39, 0.29) is 12.0 Å². The molecule has 2 heterocycles. The van der Waals surface area contributed by atoms with E-state index in [1.165, 1.54) is 0 Å². The number of anilines is 1. The molecule has 5 rings (SSSR count). The third-order valence-electron chi connectivity index (χ3n) is 5.43. The Kier molecular flexibility index (Phi) is 5.50. The quantitative estimate of drug-likeness (QED) is 0.501. The smallest absolute Gasteiger partial charge is 0.172 e. The zero-order chi connectivity index (χ0) is 21.0. The molecule has 0 spiro atoms. The summed E-state index contributed by atoms with van der Waals surface area (Å²) in [5.41, 5.74) is 3.28. The highest BCUT2D eigenvalue weighted by molar-refractivity contribution is 6.29. The summed E-state index contributed by atoms with van der Waals surface area (Å²) in [6.45, 7) is 0.507. The highest BCUT2D eigenvalue weighted by Crippen LogP contribution is 2.40. The molecule has 0 N–H and O–H groups in total. The molecule has 0 bridgehead atoms. The number of rotatable bonds is 6. The summed E-state index contributed by atoms with van der Waals surface area (Å²) >= 11 is 5.96. The minimum atomic E-state index is -0.0418. The molecule has 0 radical (unpaired) electrons. The molecule has 2 aliphatic rings. The summed E-state index contributed by atoms with van der Waals surface area (Å²) in [4.78, 5) is 0. The summed E-state index contributed by atoms with van der Waals surface area (Å²) in [6.07, 6.45) is 9.21. The molecule has 2 aromatic carbocycles. The molecule has 0 amide bonds. The van der Waals surface area contributed by atoms with Crippen LogP contribution in [0, 0.1) is 5.92 Å². The van der Waals surface area contributed by atoms with Crippen molar-refractivity contribution >= 4 is 23.1 Å². The molecule has 6 heteroatoms. The van der Waals surface area contributed by atoms with Gasteiger partial charge < -0.3 is 4.74 Å². The molecule has 0 fully saturated rings. The lowest BCUT2D eigenvalue weighted by Gasteiger charge is -2.24. The molecule has 154 valence electrons. The van der Waals surface area contributed by atoms with E-state index in [1.807, 2.05) is 47.5 Å². The Hall–Kier alpha value is -3.44. The molecule has 1 atom stereocenters. The minimum absolute atomic E-state index is 0.0418. The number of hydrogen-bond acceptors (Lipinski definition) is 5. The van der Waals surface area contributed by atoms with Crippen LogP contribution in [-0.2, 0) is 6.61 Å². The van der Waals surface area contributed by atoms with Crippen molar-refractivity contribution in [2.45, 2.75) is 19.1 Å². The lowest BCUT2D eigenvalue weighted by Crippen LogP contribution is -2.20. The van der Waals surface area contributed by atoms with Gasteiger partial charge in [0, 0.05) is 17.9 Å². The topological polar surface area (TPSA) is 50.6 Å². The second-order valence-electron chi connectivity index (χ2n) is 7.48. The summed E-state index contributed by atoms with van der Waals surface area (Å²) in [7, 11) is 0. The lowest BCUT2D eigenvalue weighted by atomic mass is 9.95. The van der Waals surface area contributed by atoms with Crippen molar-refractivity contribution in [1.82, 2.24) is 10.2 Å². The normalized spacial score (nSPS) is 17.9. The van der Waals surface area contributed by atoms with Crippen molar-refractivity contribution in [2.75, 3.05) is 5.01 Å². The molecule has 1 aliphatic heterocycles. The van der Waals surface area contributed by atoms with E-state index in [1.54, 1.807) is 6.07 Å². The van der Waals surface area contributed by atoms with Crippen molar-refractivity contribution in [3.8, 4) is 5.75 Å². The van der Waals surface area contributed by atoms with Crippen LogP contribution >= 0.6 is 11.6 Å². The van der Waals surface area contributed by atoms with Crippen molar-refractivity contribution in [2.24, 2.45) is 11.0 Å². The SMILES string of the molecule is Clc1ccc(N2N=C(C3C=CC=C3)CC2c2ccccc2OCc2ccccc2)nn1. The number of para-hydroxylation sites is 1. The van der Waals surface area contributed by atoms with E-state index in [0.717, 1.165) is 29.0 Å². The Morgan fingerprint density at radius 1 is 0.903 bits per heavy atom. The van der Waals surface area contributed by atoms with Crippen molar-refractivity contribution in [1.29, 1.82) is 0 Å². The monoisotopic (exact) mass is 428 g/mol. The fourth-order valence-electron chi connectivity index (χ4n) is 3.90. The van der Waals surface area contributed by atoms with Crippen LogP contribution < -0.4 is 9.75 Å². The second-order valence-corrected chi connectivity index (χ2v) is 7.87. The van der Waals surface area contributed by atoms with Gasteiger partial charge in [-0.1, -0.05) is 84.4 Å². The van der Waals surface area contributed by atoms with Gasteiger partial charge in [-0.05, 0) is 23.8 Å². The molecule has 3 aromatic rings. The maximum atomic E-state index is 6.24. The van der Waals surface area contributed by atoms with E-state index < -0.39 is 0 Å². The third kappa shape index (κ3) is 4.23. The van der Waals surface area contributed by atoms with E-state index in [0.29, 0.717) is 17.6 Å². The number of aromatic nitrogens is 2. The maximum absolute atomic E-state index is 6.24. The lowest BCUT2D eigenvalue weighted by molar-refractivity contribution is 0.301. The Morgan fingerprint density at radius 3 is 2.45 bits per heavy atom. The van der Waals surface area contributed by atoms with Gasteiger partial charge in [-0.15, -0.1) is 10.2 Å². The molecule has 5 nitrogen and oxygen atoms in total. The van der Waals surface area contributed by atoms with Crippen molar-refractivity contribution in [3.05, 3.63) is 107 Å². The number of nitrogens with zero attached hydrogens (tertiary/aromatic N) is 4. The molecule has 0 saturated carbocycles. The summed E-state index contributed by atoms with van der Waals surface area (Å²) in [5, 5.41) is 15.5. The van der Waals surface area contributed by atoms with Crippen molar-refractivity contribution in [3.63, 3.8) is 0 Å². The predicted octanol–water partition coefficient (Wildman–Crippen LogP) is 5.76. The van der Waals surface area contributed by atoms with Crippen LogP contribution in [0.2, 0.25) is 5.15 Å². The van der Waals surface area contributed by atoms with E-state index in [4.69, 9.17) is 21.4 Å². The molecule has 31 heavy (non-hydrogen) atoms. The Morgan fingerprint density at radius 2 is 1.68 bits per heavy atom. The first-order valence-corrected chi connectivity index (χ1v) is 10.6. The maximum Gasteiger partial charge on any atom is 0.172 e. The summed E-state index contributed by atoms with van der Waals surface area (Å²) in [5.74, 6) is 1.70. The van der Waals surface area contributed by atoms with E-state index >= 15 is 0 Å². The Balaban J connectivity index is 1.47. The van der Waals surface area contributed by atoms with Crippen LogP contribution in [0.15, 0.2) is 96.1 Å². The van der Waals surface area contributed by atoms with Crippen LogP contribution in [0.25, 0.3) is 0 Å². The number of benzene rings is 2. The minimum Gasteiger partial charge on any atom is -0.489 e. The van der Waals surface area contributed by atoms with Gasteiger partial charge in [0.25, 0.3) is 0 Å². The zero-order valence-electron chi connectivity index (χ0n) is 16.8. The van der Waals surface area contributed by atoms with Gasteiger partial charge >= 0.3 is 0 Å². The van der Waals surface area contributed by atoms with Crippen molar-refractivity contribution < 1.29 is 4.74 Å². The zero-order valence-corrected chi connectivity index (χ0v) is 17.6. The third-order valence-corrected chi connectivity index (χ3v) is 5.64. The first kappa shape index (κ1) is 19.5. The first-order chi connectivity index (χ1) is 15.3. The largest absolute Gasteiger partial charge is 0.489 e. The van der Waals surface area contributed by atoms with Gasteiger partial charge in [-0.2, -0.15) is 5.10 Å². The van der Waals surface area contributed by atoms with Gasteiger partial charge in [0.15, 0.2) is 11.0 Å².